The van der Waals surface area contributed by atoms with Crippen molar-refractivity contribution in [3.05, 3.63) is 34.6 Å². The van der Waals surface area contributed by atoms with Crippen molar-refractivity contribution < 1.29 is 4.39 Å². The van der Waals surface area contributed by atoms with E-state index in [1.165, 1.54) is 25.3 Å². The molecule has 0 spiro atoms. The van der Waals surface area contributed by atoms with Crippen molar-refractivity contribution in [2.45, 2.75) is 31.8 Å². The van der Waals surface area contributed by atoms with Gasteiger partial charge < -0.3 is 5.32 Å². The lowest BCUT2D eigenvalue weighted by Gasteiger charge is -2.24. The lowest BCUT2D eigenvalue weighted by atomic mass is 10.1. The van der Waals surface area contributed by atoms with Crippen LogP contribution in [-0.2, 0) is 6.54 Å². The van der Waals surface area contributed by atoms with E-state index in [-0.39, 0.29) is 10.8 Å². The van der Waals surface area contributed by atoms with Crippen LogP contribution in [0.25, 0.3) is 0 Å². The van der Waals surface area contributed by atoms with E-state index in [1.54, 1.807) is 6.07 Å². The minimum absolute atomic E-state index is 0.226. The van der Waals surface area contributed by atoms with Crippen LogP contribution < -0.4 is 5.32 Å². The Bertz CT molecular complexity index is 448. The minimum Gasteiger partial charge on any atom is -0.312 e. The highest BCUT2D eigenvalue weighted by molar-refractivity contribution is 6.30. The van der Waals surface area contributed by atoms with Gasteiger partial charge in [-0.1, -0.05) is 17.7 Å². The monoisotopic (exact) mass is 282 g/mol. The Morgan fingerprint density at radius 1 is 1.37 bits per heavy atom. The van der Waals surface area contributed by atoms with Gasteiger partial charge in [0.2, 0.25) is 0 Å². The highest BCUT2D eigenvalue weighted by Gasteiger charge is 2.32. The Kier molecular flexibility index (Phi) is 4.06. The zero-order valence-electron chi connectivity index (χ0n) is 11.0. The van der Waals surface area contributed by atoms with Gasteiger partial charge in [0.15, 0.2) is 0 Å². The summed E-state index contributed by atoms with van der Waals surface area (Å²) in [5.41, 5.74) is 1.10. The number of nitrogens with zero attached hydrogens (tertiary/aromatic N) is 1. The van der Waals surface area contributed by atoms with Crippen LogP contribution in [0.1, 0.15) is 24.8 Å². The van der Waals surface area contributed by atoms with Crippen molar-refractivity contribution in [2.75, 3.05) is 19.6 Å². The lowest BCUT2D eigenvalue weighted by molar-refractivity contribution is 0.251. The first-order chi connectivity index (χ1) is 9.22. The molecule has 1 aromatic carbocycles. The summed E-state index contributed by atoms with van der Waals surface area (Å²) in [6.45, 7) is 4.18. The van der Waals surface area contributed by atoms with Crippen molar-refractivity contribution in [3.8, 4) is 0 Å². The maximum Gasteiger partial charge on any atom is 0.141 e. The number of hydrogen-bond donors (Lipinski definition) is 1. The fourth-order valence-corrected chi connectivity index (χ4v) is 3.08. The van der Waals surface area contributed by atoms with Gasteiger partial charge in [0.05, 0.1) is 5.02 Å². The normalized spacial score (nSPS) is 25.3. The summed E-state index contributed by atoms with van der Waals surface area (Å²) < 4.78 is 13.2. The van der Waals surface area contributed by atoms with Gasteiger partial charge in [0.25, 0.3) is 0 Å². The second kappa shape index (κ2) is 5.78. The third-order valence-corrected chi connectivity index (χ3v) is 4.38. The molecule has 1 atom stereocenters. The van der Waals surface area contributed by atoms with E-state index in [9.17, 15) is 4.39 Å². The largest absolute Gasteiger partial charge is 0.312 e. The van der Waals surface area contributed by atoms with E-state index >= 15 is 0 Å². The molecule has 4 heteroatoms. The SMILES string of the molecule is Fc1ccc(CN2CCCNC(C3CC3)C2)cc1Cl. The van der Waals surface area contributed by atoms with E-state index in [2.05, 4.69) is 10.2 Å². The maximum atomic E-state index is 13.2. The zero-order valence-corrected chi connectivity index (χ0v) is 11.8. The predicted molar refractivity (Wildman–Crippen MR) is 75.8 cm³/mol. The fourth-order valence-electron chi connectivity index (χ4n) is 2.88. The first-order valence-corrected chi connectivity index (χ1v) is 7.50. The average molecular weight is 283 g/mol. The van der Waals surface area contributed by atoms with Gasteiger partial charge in [-0.25, -0.2) is 4.39 Å². The summed E-state index contributed by atoms with van der Waals surface area (Å²) in [7, 11) is 0. The van der Waals surface area contributed by atoms with Crippen LogP contribution in [0, 0.1) is 11.7 Å². The summed E-state index contributed by atoms with van der Waals surface area (Å²) in [5, 5.41) is 3.88. The third-order valence-electron chi connectivity index (χ3n) is 4.09. The molecule has 1 saturated heterocycles. The average Bonchev–Trinajstić information content (AvgIpc) is 3.20. The summed E-state index contributed by atoms with van der Waals surface area (Å²) >= 11 is 5.85. The summed E-state index contributed by atoms with van der Waals surface area (Å²) in [6, 6.07) is 5.69. The Balaban J connectivity index is 1.65. The molecular weight excluding hydrogens is 263 g/mol. The van der Waals surface area contributed by atoms with Crippen molar-refractivity contribution in [1.29, 1.82) is 0 Å². The highest BCUT2D eigenvalue weighted by Crippen LogP contribution is 2.33. The van der Waals surface area contributed by atoms with Gasteiger partial charge in [-0.2, -0.15) is 0 Å². The Hall–Kier alpha value is -0.640. The first-order valence-electron chi connectivity index (χ1n) is 7.12. The van der Waals surface area contributed by atoms with E-state index in [4.69, 9.17) is 11.6 Å². The lowest BCUT2D eigenvalue weighted by Crippen LogP contribution is -2.38. The molecule has 2 aliphatic rings. The second-order valence-electron chi connectivity index (χ2n) is 5.74. The van der Waals surface area contributed by atoms with Crippen molar-refractivity contribution >= 4 is 11.6 Å². The molecule has 0 radical (unpaired) electrons. The summed E-state index contributed by atoms with van der Waals surface area (Å²) in [5.74, 6) is 0.538. The van der Waals surface area contributed by atoms with Crippen LogP contribution in [0.2, 0.25) is 5.02 Å². The van der Waals surface area contributed by atoms with Crippen LogP contribution in [-0.4, -0.2) is 30.6 Å². The smallest absolute Gasteiger partial charge is 0.141 e. The molecule has 0 bridgehead atoms. The molecule has 0 aromatic heterocycles. The van der Waals surface area contributed by atoms with Crippen molar-refractivity contribution in [1.82, 2.24) is 10.2 Å². The molecule has 1 unspecified atom stereocenters. The van der Waals surface area contributed by atoms with Crippen LogP contribution >= 0.6 is 11.6 Å². The van der Waals surface area contributed by atoms with Gasteiger partial charge >= 0.3 is 0 Å². The molecule has 1 aliphatic carbocycles. The van der Waals surface area contributed by atoms with Crippen LogP contribution in [0.15, 0.2) is 18.2 Å². The number of rotatable bonds is 3. The van der Waals surface area contributed by atoms with E-state index in [1.807, 2.05) is 6.07 Å². The van der Waals surface area contributed by atoms with Crippen molar-refractivity contribution in [2.24, 2.45) is 5.92 Å². The third kappa shape index (κ3) is 3.47. The number of halogens is 2. The predicted octanol–water partition coefficient (Wildman–Crippen LogP) is 3.05. The Morgan fingerprint density at radius 2 is 2.21 bits per heavy atom. The fraction of sp³-hybridized carbons (Fsp3) is 0.600. The van der Waals surface area contributed by atoms with Crippen LogP contribution in [0.3, 0.4) is 0 Å². The van der Waals surface area contributed by atoms with Crippen LogP contribution in [0.4, 0.5) is 4.39 Å². The molecule has 1 heterocycles. The molecule has 2 fully saturated rings. The number of nitrogens with one attached hydrogen (secondary N) is 1. The maximum absolute atomic E-state index is 13.2. The van der Waals surface area contributed by atoms with E-state index in [0.29, 0.717) is 6.04 Å². The highest BCUT2D eigenvalue weighted by atomic mass is 35.5. The summed E-state index contributed by atoms with van der Waals surface area (Å²) in [6.07, 6.45) is 3.92. The van der Waals surface area contributed by atoms with E-state index in [0.717, 1.165) is 37.7 Å². The molecule has 3 rings (SSSR count). The second-order valence-corrected chi connectivity index (χ2v) is 6.14. The molecule has 1 N–H and O–H groups in total. The number of hydrogen-bond acceptors (Lipinski definition) is 2. The van der Waals surface area contributed by atoms with Gasteiger partial charge in [-0.05, 0) is 56.0 Å². The molecule has 1 aromatic rings. The standard InChI is InChI=1S/C15H20ClFN2/c16-13-8-11(2-5-14(13)17)9-19-7-1-6-18-15(10-19)12-3-4-12/h2,5,8,12,15,18H,1,3-4,6-7,9-10H2. The molecule has 2 nitrogen and oxygen atoms in total. The summed E-state index contributed by atoms with van der Waals surface area (Å²) in [4.78, 5) is 2.46. The molecule has 0 amide bonds. The Morgan fingerprint density at radius 3 is 2.95 bits per heavy atom. The van der Waals surface area contributed by atoms with Gasteiger partial charge in [-0.3, -0.25) is 4.90 Å². The topological polar surface area (TPSA) is 15.3 Å². The van der Waals surface area contributed by atoms with Gasteiger partial charge in [-0.15, -0.1) is 0 Å². The minimum atomic E-state index is -0.334. The molecule has 1 aliphatic heterocycles. The number of benzene rings is 1. The molecule has 19 heavy (non-hydrogen) atoms. The Labute approximate surface area is 118 Å². The quantitative estimate of drug-likeness (QED) is 0.917. The van der Waals surface area contributed by atoms with Crippen LogP contribution in [0.5, 0.6) is 0 Å². The van der Waals surface area contributed by atoms with Crippen molar-refractivity contribution in [3.63, 3.8) is 0 Å². The molecule has 104 valence electrons. The van der Waals surface area contributed by atoms with Gasteiger partial charge in [0.1, 0.15) is 5.82 Å². The molecule has 1 saturated carbocycles. The zero-order chi connectivity index (χ0) is 13.2. The first kappa shape index (κ1) is 13.3. The van der Waals surface area contributed by atoms with Gasteiger partial charge in [0, 0.05) is 19.1 Å². The van der Waals surface area contributed by atoms with E-state index < -0.39 is 0 Å². The molecular formula is C15H20ClFN2.